The van der Waals surface area contributed by atoms with E-state index in [0.717, 1.165) is 36.4 Å². The molecule has 0 aromatic heterocycles. The standard InChI is InChI=1S/C14H18N4O2/c1-2-20-13(19)7-12(9-3-4-9)16-14-10-8-15-6-5-11(10)17-18-14/h6,8-9,12H,2-5,7H2,1H3,(H,16,18). The normalized spacial score (nSPS) is 23.8. The molecule has 20 heavy (non-hydrogen) atoms. The lowest BCUT2D eigenvalue weighted by Crippen LogP contribution is -2.23. The lowest BCUT2D eigenvalue weighted by Gasteiger charge is -2.12. The Morgan fingerprint density at radius 3 is 3.20 bits per heavy atom. The Hall–Kier alpha value is -1.98. The van der Waals surface area contributed by atoms with Crippen LogP contribution in [-0.4, -0.2) is 36.4 Å². The fourth-order valence-electron chi connectivity index (χ4n) is 2.39. The predicted molar refractivity (Wildman–Crippen MR) is 77.0 cm³/mol. The van der Waals surface area contributed by atoms with Crippen molar-refractivity contribution in [2.45, 2.75) is 38.6 Å². The molecule has 1 saturated carbocycles. The Balaban J connectivity index is 1.73. The number of esters is 1. The third-order valence-corrected chi connectivity index (χ3v) is 3.60. The van der Waals surface area contributed by atoms with Crippen molar-refractivity contribution in [2.24, 2.45) is 21.0 Å². The Labute approximate surface area is 117 Å². The summed E-state index contributed by atoms with van der Waals surface area (Å²) in [5.41, 5.74) is 4.86. The number of nitrogens with one attached hydrogen (secondary N) is 1. The van der Waals surface area contributed by atoms with E-state index in [1.165, 1.54) is 0 Å². The molecule has 0 aromatic carbocycles. The molecular formula is C14H18N4O2. The first-order chi connectivity index (χ1) is 9.78. The van der Waals surface area contributed by atoms with Crippen LogP contribution in [0.2, 0.25) is 0 Å². The van der Waals surface area contributed by atoms with Crippen LogP contribution in [0.25, 0.3) is 0 Å². The number of rotatable bonds is 5. The maximum Gasteiger partial charge on any atom is 0.307 e. The number of ether oxygens (including phenoxy) is 1. The highest BCUT2D eigenvalue weighted by Crippen LogP contribution is 2.36. The third-order valence-electron chi connectivity index (χ3n) is 3.60. The molecule has 1 atom stereocenters. The minimum Gasteiger partial charge on any atom is -0.466 e. The van der Waals surface area contributed by atoms with Crippen molar-refractivity contribution in [3.05, 3.63) is 11.8 Å². The number of hydrazone groups is 1. The van der Waals surface area contributed by atoms with Crippen LogP contribution in [0.3, 0.4) is 0 Å². The average molecular weight is 274 g/mol. The fourth-order valence-corrected chi connectivity index (χ4v) is 2.39. The second-order valence-electron chi connectivity index (χ2n) is 5.14. The number of fused-ring (bicyclic) bond motifs is 1. The topological polar surface area (TPSA) is 75.4 Å². The summed E-state index contributed by atoms with van der Waals surface area (Å²) < 4.78 is 5.03. The van der Waals surface area contributed by atoms with E-state index in [-0.39, 0.29) is 12.0 Å². The molecule has 6 heteroatoms. The van der Waals surface area contributed by atoms with E-state index in [0.29, 0.717) is 18.9 Å². The van der Waals surface area contributed by atoms with Gasteiger partial charge in [-0.15, -0.1) is 0 Å². The summed E-state index contributed by atoms with van der Waals surface area (Å²) in [4.78, 5) is 20.5. The van der Waals surface area contributed by atoms with Gasteiger partial charge in [0, 0.05) is 18.8 Å². The maximum absolute atomic E-state index is 11.7. The van der Waals surface area contributed by atoms with Crippen LogP contribution in [0.1, 0.15) is 32.6 Å². The molecule has 2 aliphatic heterocycles. The van der Waals surface area contributed by atoms with Crippen molar-refractivity contribution in [3.8, 4) is 0 Å². The van der Waals surface area contributed by atoms with Crippen molar-refractivity contribution < 1.29 is 9.53 Å². The molecule has 0 bridgehead atoms. The first-order valence-electron chi connectivity index (χ1n) is 7.06. The van der Waals surface area contributed by atoms with Gasteiger partial charge >= 0.3 is 5.97 Å². The number of nitrogens with zero attached hydrogens (tertiary/aromatic N) is 3. The third kappa shape index (κ3) is 2.79. The van der Waals surface area contributed by atoms with Gasteiger partial charge in [-0.25, -0.2) is 0 Å². The number of hydrogen-bond donors (Lipinski definition) is 1. The Morgan fingerprint density at radius 2 is 2.45 bits per heavy atom. The summed E-state index contributed by atoms with van der Waals surface area (Å²) in [6.45, 7) is 2.23. The molecule has 0 spiro atoms. The average Bonchev–Trinajstić information content (AvgIpc) is 3.21. The second kappa shape index (κ2) is 5.56. The smallest absolute Gasteiger partial charge is 0.307 e. The van der Waals surface area contributed by atoms with E-state index < -0.39 is 0 Å². The van der Waals surface area contributed by atoms with Gasteiger partial charge in [-0.05, 0) is 25.7 Å². The number of hydrogen-bond acceptors (Lipinski definition) is 5. The van der Waals surface area contributed by atoms with Crippen LogP contribution < -0.4 is 5.43 Å². The van der Waals surface area contributed by atoms with Gasteiger partial charge in [-0.1, -0.05) is 0 Å². The lowest BCUT2D eigenvalue weighted by atomic mass is 10.1. The summed E-state index contributed by atoms with van der Waals surface area (Å²) in [5.74, 6) is 1.05. The predicted octanol–water partition coefficient (Wildman–Crippen LogP) is 1.43. The van der Waals surface area contributed by atoms with Gasteiger partial charge in [0.05, 0.1) is 30.4 Å². The monoisotopic (exact) mass is 274 g/mol. The van der Waals surface area contributed by atoms with Gasteiger partial charge in [0.25, 0.3) is 0 Å². The van der Waals surface area contributed by atoms with Gasteiger partial charge in [0.2, 0.25) is 0 Å². The van der Waals surface area contributed by atoms with Gasteiger partial charge in [-0.2, -0.15) is 5.10 Å². The number of carbonyl (C=O) groups excluding carboxylic acids is 1. The quantitative estimate of drug-likeness (QED) is 0.771. The molecule has 1 fully saturated rings. The van der Waals surface area contributed by atoms with E-state index in [2.05, 4.69) is 15.5 Å². The summed E-state index contributed by atoms with van der Waals surface area (Å²) in [5, 5.41) is 4.25. The molecule has 2 heterocycles. The lowest BCUT2D eigenvalue weighted by molar-refractivity contribution is -0.143. The molecule has 0 saturated heterocycles. The van der Waals surface area contributed by atoms with Crippen LogP contribution in [-0.2, 0) is 9.53 Å². The van der Waals surface area contributed by atoms with E-state index in [1.807, 2.05) is 13.1 Å². The van der Waals surface area contributed by atoms with Crippen molar-refractivity contribution >= 4 is 23.7 Å². The fraction of sp³-hybridized carbons (Fsp3) is 0.571. The highest BCUT2D eigenvalue weighted by atomic mass is 16.5. The van der Waals surface area contributed by atoms with E-state index in [4.69, 9.17) is 9.73 Å². The van der Waals surface area contributed by atoms with Crippen LogP contribution in [0.5, 0.6) is 0 Å². The van der Waals surface area contributed by atoms with Crippen molar-refractivity contribution in [1.82, 2.24) is 5.43 Å². The van der Waals surface area contributed by atoms with Crippen LogP contribution in [0.15, 0.2) is 26.9 Å². The molecule has 106 valence electrons. The summed E-state index contributed by atoms with van der Waals surface area (Å²) in [6.07, 6.45) is 6.93. The highest BCUT2D eigenvalue weighted by molar-refractivity contribution is 6.29. The SMILES string of the molecule is CCOC(=O)CC(N=C1NN=C2CC=NC=C21)C1CC1. The van der Waals surface area contributed by atoms with Crippen molar-refractivity contribution in [1.29, 1.82) is 0 Å². The van der Waals surface area contributed by atoms with Crippen LogP contribution >= 0.6 is 0 Å². The number of aliphatic imine (C=N–C) groups is 2. The molecule has 3 aliphatic rings. The summed E-state index contributed by atoms with van der Waals surface area (Å²) in [7, 11) is 0. The molecule has 1 unspecified atom stereocenters. The molecular weight excluding hydrogens is 256 g/mol. The maximum atomic E-state index is 11.7. The van der Waals surface area contributed by atoms with Crippen LogP contribution in [0.4, 0.5) is 0 Å². The van der Waals surface area contributed by atoms with E-state index >= 15 is 0 Å². The zero-order chi connectivity index (χ0) is 13.9. The van der Waals surface area contributed by atoms with Gasteiger partial charge < -0.3 is 4.74 Å². The van der Waals surface area contributed by atoms with Crippen molar-refractivity contribution in [2.75, 3.05) is 6.61 Å². The minimum atomic E-state index is -0.177. The van der Waals surface area contributed by atoms with E-state index in [9.17, 15) is 4.79 Å². The second-order valence-corrected chi connectivity index (χ2v) is 5.14. The van der Waals surface area contributed by atoms with Gasteiger partial charge in [0.15, 0.2) is 5.84 Å². The first kappa shape index (κ1) is 13.0. The summed E-state index contributed by atoms with van der Waals surface area (Å²) >= 11 is 0. The molecule has 1 aliphatic carbocycles. The zero-order valence-electron chi connectivity index (χ0n) is 11.5. The Morgan fingerprint density at radius 1 is 1.60 bits per heavy atom. The molecule has 1 N–H and O–H groups in total. The van der Waals surface area contributed by atoms with Gasteiger partial charge in [0.1, 0.15) is 0 Å². The number of amidine groups is 1. The molecule has 0 radical (unpaired) electrons. The number of carbonyl (C=O) groups is 1. The highest BCUT2D eigenvalue weighted by Gasteiger charge is 2.34. The zero-order valence-corrected chi connectivity index (χ0v) is 11.5. The molecule has 0 aromatic rings. The minimum absolute atomic E-state index is 0.0158. The summed E-state index contributed by atoms with van der Waals surface area (Å²) in [6, 6.07) is -0.0158. The molecule has 0 amide bonds. The molecule has 6 nitrogen and oxygen atoms in total. The Kier molecular flexibility index (Phi) is 3.62. The Bertz CT molecular complexity index is 529. The van der Waals surface area contributed by atoms with Crippen LogP contribution in [0, 0.1) is 5.92 Å². The van der Waals surface area contributed by atoms with E-state index in [1.54, 1.807) is 6.20 Å². The molecule has 3 rings (SSSR count). The van der Waals surface area contributed by atoms with Gasteiger partial charge in [-0.3, -0.25) is 20.2 Å². The first-order valence-corrected chi connectivity index (χ1v) is 7.06. The van der Waals surface area contributed by atoms with Crippen molar-refractivity contribution in [3.63, 3.8) is 0 Å². The largest absolute Gasteiger partial charge is 0.466 e.